The average Bonchev–Trinajstić information content (AvgIpc) is 2.75. The number of thioether (sulfide) groups is 1. The van der Waals surface area contributed by atoms with Gasteiger partial charge >= 0.3 is 5.97 Å². The number of hydrogen-bond donors (Lipinski definition) is 2. The van der Waals surface area contributed by atoms with E-state index in [1.165, 1.54) is 32.9 Å². The summed E-state index contributed by atoms with van der Waals surface area (Å²) in [5, 5.41) is 12.0. The van der Waals surface area contributed by atoms with Gasteiger partial charge in [-0.3, -0.25) is 9.59 Å². The first kappa shape index (κ1) is 24.6. The van der Waals surface area contributed by atoms with Crippen molar-refractivity contribution in [3.05, 3.63) is 58.6 Å². The monoisotopic (exact) mass is 465 g/mol. The SMILES string of the molecule is COc1ccc(C(=O)C[C@@H](SC[C@H](NC(C)=O)C(=O)O)c2ccc(Cl)cc2)cc1OC. The number of methoxy groups -OCH3 is 2. The van der Waals surface area contributed by atoms with Crippen LogP contribution in [0.3, 0.4) is 0 Å². The first-order chi connectivity index (χ1) is 14.7. The summed E-state index contributed by atoms with van der Waals surface area (Å²) in [6, 6.07) is 10.9. The first-order valence-electron chi connectivity index (χ1n) is 9.37. The van der Waals surface area contributed by atoms with E-state index in [-0.39, 0.29) is 23.2 Å². The molecule has 2 N–H and O–H groups in total. The minimum atomic E-state index is -1.14. The highest BCUT2D eigenvalue weighted by molar-refractivity contribution is 7.99. The lowest BCUT2D eigenvalue weighted by atomic mass is 10.0. The normalized spacial score (nSPS) is 12.5. The minimum Gasteiger partial charge on any atom is -0.493 e. The van der Waals surface area contributed by atoms with E-state index in [2.05, 4.69) is 5.32 Å². The summed E-state index contributed by atoms with van der Waals surface area (Å²) < 4.78 is 10.5. The van der Waals surface area contributed by atoms with Gasteiger partial charge in [0.15, 0.2) is 17.3 Å². The van der Waals surface area contributed by atoms with Gasteiger partial charge in [-0.2, -0.15) is 11.8 Å². The van der Waals surface area contributed by atoms with Crippen molar-refractivity contribution in [2.75, 3.05) is 20.0 Å². The number of aliphatic carboxylic acids is 1. The number of hydrogen-bond acceptors (Lipinski definition) is 6. The minimum absolute atomic E-state index is 0.0986. The molecule has 0 spiro atoms. The van der Waals surface area contributed by atoms with Gasteiger partial charge < -0.3 is 19.9 Å². The van der Waals surface area contributed by atoms with E-state index in [4.69, 9.17) is 21.1 Å². The predicted molar refractivity (Wildman–Crippen MR) is 120 cm³/mol. The van der Waals surface area contributed by atoms with Gasteiger partial charge in [-0.25, -0.2) is 4.79 Å². The van der Waals surface area contributed by atoms with Gasteiger partial charge in [-0.05, 0) is 35.9 Å². The second-order valence-electron chi connectivity index (χ2n) is 6.66. The molecule has 9 heteroatoms. The van der Waals surface area contributed by atoms with E-state index in [9.17, 15) is 19.5 Å². The summed E-state index contributed by atoms with van der Waals surface area (Å²) in [6.07, 6.45) is 0.119. The number of ether oxygens (including phenoxy) is 2. The third-order valence-electron chi connectivity index (χ3n) is 4.46. The number of carbonyl (C=O) groups is 3. The highest BCUT2D eigenvalue weighted by Gasteiger charge is 2.24. The Balaban J connectivity index is 2.24. The van der Waals surface area contributed by atoms with Crippen molar-refractivity contribution in [2.45, 2.75) is 24.6 Å². The maximum atomic E-state index is 13.0. The first-order valence-corrected chi connectivity index (χ1v) is 10.8. The molecular weight excluding hydrogens is 442 g/mol. The molecule has 166 valence electrons. The fourth-order valence-electron chi connectivity index (χ4n) is 2.88. The quantitative estimate of drug-likeness (QED) is 0.483. The molecule has 0 unspecified atom stereocenters. The third kappa shape index (κ3) is 7.18. The zero-order valence-corrected chi connectivity index (χ0v) is 19.0. The Bertz CT molecular complexity index is 934. The Kier molecular flexibility index (Phi) is 9.21. The van der Waals surface area contributed by atoms with Crippen LogP contribution in [0.4, 0.5) is 0 Å². The standard InChI is InChI=1S/C22H24ClNO6S/c1-13(25)24-17(22(27)28)12-31-21(14-4-7-16(23)8-5-14)11-18(26)15-6-9-19(29-2)20(10-15)30-3/h4-10,17,21H,11-12H2,1-3H3,(H,24,25)(H,27,28)/t17-,21+/m0/s1. The number of rotatable bonds is 11. The number of carboxylic acid groups (broad SMARTS) is 1. The van der Waals surface area contributed by atoms with Crippen LogP contribution in [0.1, 0.15) is 34.5 Å². The van der Waals surface area contributed by atoms with Gasteiger partial charge in [0.2, 0.25) is 5.91 Å². The highest BCUT2D eigenvalue weighted by Crippen LogP contribution is 2.35. The van der Waals surface area contributed by atoms with Crippen LogP contribution in [-0.2, 0) is 9.59 Å². The van der Waals surface area contributed by atoms with Crippen LogP contribution in [0.2, 0.25) is 5.02 Å². The van der Waals surface area contributed by atoms with E-state index in [0.717, 1.165) is 5.56 Å². The number of Topliss-reactive ketones (excluding diaryl/α,β-unsaturated/α-hetero) is 1. The zero-order chi connectivity index (χ0) is 23.0. The summed E-state index contributed by atoms with van der Waals surface area (Å²) in [7, 11) is 3.01. The largest absolute Gasteiger partial charge is 0.493 e. The molecule has 0 bridgehead atoms. The van der Waals surface area contributed by atoms with Crippen molar-refractivity contribution < 1.29 is 29.0 Å². The second kappa shape index (κ2) is 11.6. The Labute approximate surface area is 190 Å². The van der Waals surface area contributed by atoms with Crippen molar-refractivity contribution in [3.63, 3.8) is 0 Å². The molecule has 0 saturated heterocycles. The smallest absolute Gasteiger partial charge is 0.327 e. The number of benzene rings is 2. The third-order valence-corrected chi connectivity index (χ3v) is 6.08. The molecule has 0 aliphatic heterocycles. The molecule has 0 aliphatic rings. The van der Waals surface area contributed by atoms with Crippen molar-refractivity contribution in [1.29, 1.82) is 0 Å². The van der Waals surface area contributed by atoms with Crippen LogP contribution >= 0.6 is 23.4 Å². The average molecular weight is 466 g/mol. The molecule has 2 aromatic rings. The van der Waals surface area contributed by atoms with Gasteiger partial charge in [-0.15, -0.1) is 0 Å². The topological polar surface area (TPSA) is 102 Å². The lowest BCUT2D eigenvalue weighted by Crippen LogP contribution is -2.41. The van der Waals surface area contributed by atoms with Gasteiger partial charge in [-0.1, -0.05) is 23.7 Å². The van der Waals surface area contributed by atoms with E-state index < -0.39 is 17.9 Å². The molecular formula is C22H24ClNO6S. The van der Waals surface area contributed by atoms with Crippen molar-refractivity contribution in [2.24, 2.45) is 0 Å². The maximum absolute atomic E-state index is 13.0. The van der Waals surface area contributed by atoms with Gasteiger partial charge in [0, 0.05) is 34.9 Å². The summed E-state index contributed by atoms with van der Waals surface area (Å²) in [6.45, 7) is 1.26. The summed E-state index contributed by atoms with van der Waals surface area (Å²) in [5.74, 6) is -0.648. The Hall–Kier alpha value is -2.71. The molecule has 7 nitrogen and oxygen atoms in total. The van der Waals surface area contributed by atoms with Crippen molar-refractivity contribution in [3.8, 4) is 11.5 Å². The molecule has 0 heterocycles. The number of amides is 1. The molecule has 0 aliphatic carbocycles. The number of carbonyl (C=O) groups excluding carboxylic acids is 2. The van der Waals surface area contributed by atoms with Crippen molar-refractivity contribution >= 4 is 41.0 Å². The molecule has 31 heavy (non-hydrogen) atoms. The van der Waals surface area contributed by atoms with Crippen LogP contribution in [0.25, 0.3) is 0 Å². The number of ketones is 1. The van der Waals surface area contributed by atoms with Gasteiger partial charge in [0.1, 0.15) is 6.04 Å². The van der Waals surface area contributed by atoms with E-state index in [0.29, 0.717) is 22.1 Å². The van der Waals surface area contributed by atoms with Crippen LogP contribution < -0.4 is 14.8 Å². The summed E-state index contributed by atoms with van der Waals surface area (Å²) >= 11 is 7.27. The zero-order valence-electron chi connectivity index (χ0n) is 17.4. The molecule has 0 aromatic heterocycles. The number of halogens is 1. The second-order valence-corrected chi connectivity index (χ2v) is 8.33. The molecule has 0 radical (unpaired) electrons. The van der Waals surface area contributed by atoms with Crippen LogP contribution in [0.15, 0.2) is 42.5 Å². The molecule has 0 fully saturated rings. The lowest BCUT2D eigenvalue weighted by molar-refractivity contribution is -0.140. The molecule has 2 aromatic carbocycles. The lowest BCUT2D eigenvalue weighted by Gasteiger charge is -2.20. The number of nitrogens with one attached hydrogen (secondary N) is 1. The summed E-state index contributed by atoms with van der Waals surface area (Å²) in [5.41, 5.74) is 1.28. The van der Waals surface area contributed by atoms with E-state index in [1.54, 1.807) is 42.5 Å². The Morgan fingerprint density at radius 1 is 1.06 bits per heavy atom. The van der Waals surface area contributed by atoms with E-state index >= 15 is 0 Å². The van der Waals surface area contributed by atoms with Gasteiger partial charge in [0.05, 0.1) is 14.2 Å². The number of carboxylic acids is 1. The maximum Gasteiger partial charge on any atom is 0.327 e. The predicted octanol–water partition coefficient (Wildman–Crippen LogP) is 3.99. The Morgan fingerprint density at radius 3 is 2.26 bits per heavy atom. The molecule has 2 rings (SSSR count). The Morgan fingerprint density at radius 2 is 1.71 bits per heavy atom. The van der Waals surface area contributed by atoms with Gasteiger partial charge in [0.25, 0.3) is 0 Å². The molecule has 1 amide bonds. The van der Waals surface area contributed by atoms with E-state index in [1.807, 2.05) is 0 Å². The molecule has 2 atom stereocenters. The van der Waals surface area contributed by atoms with Crippen LogP contribution in [0, 0.1) is 0 Å². The fourth-order valence-corrected chi connectivity index (χ4v) is 4.27. The fraction of sp³-hybridized carbons (Fsp3) is 0.318. The molecule has 0 saturated carbocycles. The van der Waals surface area contributed by atoms with Crippen LogP contribution in [0.5, 0.6) is 11.5 Å². The van der Waals surface area contributed by atoms with Crippen molar-refractivity contribution in [1.82, 2.24) is 5.32 Å². The van der Waals surface area contributed by atoms with Crippen LogP contribution in [-0.4, -0.2) is 48.8 Å². The highest BCUT2D eigenvalue weighted by atomic mass is 35.5. The summed E-state index contributed by atoms with van der Waals surface area (Å²) in [4.78, 5) is 35.8.